The summed E-state index contributed by atoms with van der Waals surface area (Å²) < 4.78 is 40.9. The van der Waals surface area contributed by atoms with Crippen LogP contribution < -0.4 is 15.2 Å². The predicted octanol–water partition coefficient (Wildman–Crippen LogP) is 2.37. The van der Waals surface area contributed by atoms with Gasteiger partial charge in [0.15, 0.2) is 0 Å². The molecule has 1 aromatic heterocycles. The molecule has 42 heavy (non-hydrogen) atoms. The van der Waals surface area contributed by atoms with Crippen LogP contribution in [-0.4, -0.2) is 117 Å². The summed E-state index contributed by atoms with van der Waals surface area (Å²) in [7, 11) is 1.66. The number of halogens is 2. The van der Waals surface area contributed by atoms with Crippen LogP contribution in [0.4, 0.5) is 20.3 Å². The maximum atomic E-state index is 14.5. The molecule has 12 heteroatoms. The van der Waals surface area contributed by atoms with E-state index in [1.165, 1.54) is 6.08 Å². The van der Waals surface area contributed by atoms with E-state index in [1.807, 2.05) is 22.8 Å². The van der Waals surface area contributed by atoms with Crippen molar-refractivity contribution in [3.8, 4) is 0 Å². The zero-order valence-electron chi connectivity index (χ0n) is 24.5. The van der Waals surface area contributed by atoms with Crippen molar-refractivity contribution < 1.29 is 23.0 Å². The van der Waals surface area contributed by atoms with Crippen LogP contribution in [0.3, 0.4) is 0 Å². The molecule has 2 unspecified atom stereocenters. The fourth-order valence-corrected chi connectivity index (χ4v) is 7.25. The first-order valence-corrected chi connectivity index (χ1v) is 14.9. The molecular weight excluding hydrogens is 544 g/mol. The summed E-state index contributed by atoms with van der Waals surface area (Å²) in [5.41, 5.74) is 5.87. The second-order valence-electron chi connectivity index (χ2n) is 11.9. The molecule has 6 rings (SSSR count). The SMILES string of the molecule is C=CC(=O)N1CCN(C2CN3c4cc(N5CC6(C5)OCCN/N=C\C(C)=C\6COC)nc(C(F)F)c4CCCC23)CC1. The van der Waals surface area contributed by atoms with Crippen molar-refractivity contribution in [3.63, 3.8) is 0 Å². The number of aromatic nitrogens is 1. The molecular formula is C30H41F2N7O3. The Labute approximate surface area is 246 Å². The molecule has 0 bridgehead atoms. The highest BCUT2D eigenvalue weighted by Crippen LogP contribution is 2.45. The van der Waals surface area contributed by atoms with Gasteiger partial charge in [-0.3, -0.25) is 9.69 Å². The number of hydrogen-bond acceptors (Lipinski definition) is 9. The summed E-state index contributed by atoms with van der Waals surface area (Å²) in [4.78, 5) is 25.3. The third kappa shape index (κ3) is 5.17. The number of rotatable bonds is 6. The topological polar surface area (TPSA) is 85.8 Å². The number of piperazine rings is 1. The zero-order valence-corrected chi connectivity index (χ0v) is 24.5. The Kier molecular flexibility index (Phi) is 8.21. The lowest BCUT2D eigenvalue weighted by Crippen LogP contribution is -2.69. The van der Waals surface area contributed by atoms with Crippen LogP contribution in [0.1, 0.15) is 37.4 Å². The lowest BCUT2D eigenvalue weighted by molar-refractivity contribution is -0.128. The molecule has 1 spiro atoms. The maximum absolute atomic E-state index is 14.5. The molecule has 3 fully saturated rings. The van der Waals surface area contributed by atoms with Gasteiger partial charge in [-0.05, 0) is 43.4 Å². The predicted molar refractivity (Wildman–Crippen MR) is 157 cm³/mol. The zero-order chi connectivity index (χ0) is 29.4. The average Bonchev–Trinajstić information content (AvgIpc) is 3.03. The van der Waals surface area contributed by atoms with Gasteiger partial charge in [0, 0.05) is 75.4 Å². The molecule has 5 aliphatic heterocycles. The minimum absolute atomic E-state index is 0.0224. The minimum atomic E-state index is -2.65. The molecule has 0 radical (unpaired) electrons. The average molecular weight is 586 g/mol. The highest BCUT2D eigenvalue weighted by atomic mass is 19.3. The monoisotopic (exact) mass is 585 g/mol. The standard InChI is InChI=1S/C30H41F2N7O3/c1-4-27(40)37-11-9-36(10-12-37)25-16-39-23(25)7-5-6-21-24(39)14-26(35-28(21)29(31)32)38-18-30(19-38)22(17-41-3)20(2)15-34-33-8-13-42-30/h4,14-15,23,25,29,33H,1,5-13,16-19H2,2-3H3/b22-20+,34-15-. The summed E-state index contributed by atoms with van der Waals surface area (Å²) in [6.07, 6.45) is 2.92. The van der Waals surface area contributed by atoms with Crippen LogP contribution in [-0.2, 0) is 20.7 Å². The summed E-state index contributed by atoms with van der Waals surface area (Å²) in [6, 6.07) is 2.64. The van der Waals surface area contributed by atoms with Gasteiger partial charge < -0.3 is 29.6 Å². The molecule has 1 aromatic rings. The van der Waals surface area contributed by atoms with Crippen LogP contribution >= 0.6 is 0 Å². The molecule has 228 valence electrons. The van der Waals surface area contributed by atoms with Gasteiger partial charge in [-0.15, -0.1) is 0 Å². The molecule has 0 aliphatic carbocycles. The van der Waals surface area contributed by atoms with Crippen molar-refractivity contribution in [3.05, 3.63) is 41.1 Å². The van der Waals surface area contributed by atoms with E-state index in [9.17, 15) is 13.6 Å². The van der Waals surface area contributed by atoms with E-state index in [-0.39, 0.29) is 17.6 Å². The van der Waals surface area contributed by atoms with Crippen molar-refractivity contribution in [1.82, 2.24) is 20.2 Å². The number of nitrogens with zero attached hydrogens (tertiary/aromatic N) is 6. The first-order valence-electron chi connectivity index (χ1n) is 14.9. The minimum Gasteiger partial charge on any atom is -0.380 e. The van der Waals surface area contributed by atoms with Gasteiger partial charge in [-0.25, -0.2) is 13.8 Å². The summed E-state index contributed by atoms with van der Waals surface area (Å²) in [6.45, 7) is 11.9. The van der Waals surface area contributed by atoms with Gasteiger partial charge in [-0.1, -0.05) is 6.58 Å². The van der Waals surface area contributed by atoms with E-state index in [2.05, 4.69) is 31.9 Å². The Balaban J connectivity index is 1.24. The normalized spacial score (nSPS) is 28.4. The molecule has 10 nitrogen and oxygen atoms in total. The third-order valence-electron chi connectivity index (χ3n) is 9.53. The second-order valence-corrected chi connectivity index (χ2v) is 11.9. The van der Waals surface area contributed by atoms with E-state index in [4.69, 9.17) is 9.47 Å². The number of fused-ring (bicyclic) bond motifs is 3. The molecule has 0 aromatic carbocycles. The van der Waals surface area contributed by atoms with Crippen LogP contribution in [0, 0.1) is 0 Å². The molecule has 5 aliphatic rings. The first-order chi connectivity index (χ1) is 20.3. The molecule has 2 atom stereocenters. The van der Waals surface area contributed by atoms with Gasteiger partial charge in [0.1, 0.15) is 17.1 Å². The van der Waals surface area contributed by atoms with Gasteiger partial charge in [-0.2, -0.15) is 5.10 Å². The van der Waals surface area contributed by atoms with Crippen molar-refractivity contribution >= 4 is 23.6 Å². The van der Waals surface area contributed by atoms with Gasteiger partial charge in [0.2, 0.25) is 5.91 Å². The number of amides is 1. The largest absolute Gasteiger partial charge is 0.380 e. The third-order valence-corrected chi connectivity index (χ3v) is 9.53. The number of hydrazone groups is 1. The van der Waals surface area contributed by atoms with Crippen molar-refractivity contribution in [2.24, 2.45) is 5.10 Å². The lowest BCUT2D eigenvalue weighted by Gasteiger charge is -2.55. The van der Waals surface area contributed by atoms with Crippen molar-refractivity contribution in [1.29, 1.82) is 0 Å². The summed E-state index contributed by atoms with van der Waals surface area (Å²) >= 11 is 0. The fourth-order valence-electron chi connectivity index (χ4n) is 7.25. The number of alkyl halides is 2. The quantitative estimate of drug-likeness (QED) is 0.510. The Morgan fingerprint density at radius 2 is 2.07 bits per heavy atom. The molecule has 6 heterocycles. The Bertz CT molecular complexity index is 1260. The number of ether oxygens (including phenoxy) is 2. The summed E-state index contributed by atoms with van der Waals surface area (Å²) in [5, 5.41) is 4.26. The highest BCUT2D eigenvalue weighted by molar-refractivity contribution is 5.87. The second kappa shape index (κ2) is 11.9. The smallest absolute Gasteiger partial charge is 0.280 e. The Morgan fingerprint density at radius 3 is 2.79 bits per heavy atom. The van der Waals surface area contributed by atoms with Crippen molar-refractivity contribution in [2.75, 3.05) is 82.5 Å². The van der Waals surface area contributed by atoms with Crippen LogP contribution in [0.15, 0.2) is 35.0 Å². The summed E-state index contributed by atoms with van der Waals surface area (Å²) in [5.74, 6) is 0.547. The molecule has 1 N–H and O–H groups in total. The number of pyridine rings is 1. The first kappa shape index (κ1) is 29.0. The Hall–Kier alpha value is -3.09. The van der Waals surface area contributed by atoms with E-state index >= 15 is 0 Å². The van der Waals surface area contributed by atoms with Gasteiger partial charge in [0.05, 0.1) is 32.8 Å². The number of methoxy groups -OCH3 is 1. The number of carbonyl (C=O) groups excluding carboxylic acids is 1. The van der Waals surface area contributed by atoms with E-state index < -0.39 is 12.0 Å². The maximum Gasteiger partial charge on any atom is 0.280 e. The van der Waals surface area contributed by atoms with Gasteiger partial charge >= 0.3 is 0 Å². The van der Waals surface area contributed by atoms with E-state index in [1.54, 1.807) is 13.3 Å². The number of anilines is 2. The van der Waals surface area contributed by atoms with E-state index in [0.717, 1.165) is 49.3 Å². The van der Waals surface area contributed by atoms with Crippen molar-refractivity contribution in [2.45, 2.75) is 50.3 Å². The number of hydrogen-bond donors (Lipinski definition) is 1. The number of nitrogens with one attached hydrogen (secondary N) is 1. The van der Waals surface area contributed by atoms with Crippen LogP contribution in [0.5, 0.6) is 0 Å². The van der Waals surface area contributed by atoms with E-state index in [0.29, 0.717) is 69.8 Å². The van der Waals surface area contributed by atoms with Crippen LogP contribution in [0.2, 0.25) is 0 Å². The lowest BCUT2D eigenvalue weighted by atomic mass is 9.83. The molecule has 1 amide bonds. The molecule has 0 saturated carbocycles. The fraction of sp³-hybridized carbons (Fsp3) is 0.633. The highest BCUT2D eigenvalue weighted by Gasteiger charge is 2.50. The number of allylic oxidation sites excluding steroid dienone is 1. The van der Waals surface area contributed by atoms with Gasteiger partial charge in [0.25, 0.3) is 6.43 Å². The molecule has 3 saturated heterocycles. The van der Waals surface area contributed by atoms with Crippen LogP contribution in [0.25, 0.3) is 0 Å². The Morgan fingerprint density at radius 1 is 1.29 bits per heavy atom. The number of carbonyl (C=O) groups is 1.